The molecule has 0 atom stereocenters. The number of rotatable bonds is 8. The molecule has 1 aromatic carbocycles. The maximum Gasteiger partial charge on any atom is 0.191 e. The van der Waals surface area contributed by atoms with Crippen LogP contribution in [0.1, 0.15) is 19.4 Å². The number of nitrogens with zero attached hydrogens (tertiary/aromatic N) is 2. The Hall–Kier alpha value is -0.900. The first-order valence-corrected chi connectivity index (χ1v) is 9.01. The highest BCUT2D eigenvalue weighted by Gasteiger charge is 2.28. The van der Waals surface area contributed by atoms with Crippen LogP contribution >= 0.6 is 24.0 Å². The van der Waals surface area contributed by atoms with Crippen molar-refractivity contribution in [2.75, 3.05) is 53.0 Å². The molecule has 1 aliphatic rings. The van der Waals surface area contributed by atoms with Crippen LogP contribution in [0, 0.1) is 0 Å². The second-order valence-corrected chi connectivity index (χ2v) is 6.80. The zero-order chi connectivity index (χ0) is 18.0. The number of hydrogen-bond acceptors (Lipinski definition) is 4. The average molecular weight is 476 g/mol. The Kier molecular flexibility index (Phi) is 11.1. The van der Waals surface area contributed by atoms with Gasteiger partial charge in [-0.25, -0.2) is 0 Å². The Labute approximate surface area is 174 Å². The molecule has 0 aromatic heterocycles. The van der Waals surface area contributed by atoms with Crippen molar-refractivity contribution >= 4 is 29.9 Å². The summed E-state index contributed by atoms with van der Waals surface area (Å²) in [5, 5.41) is 6.72. The van der Waals surface area contributed by atoms with Crippen molar-refractivity contribution in [2.24, 2.45) is 4.99 Å². The predicted molar refractivity (Wildman–Crippen MR) is 117 cm³/mol. The number of hydrogen-bond donors (Lipinski definition) is 2. The van der Waals surface area contributed by atoms with E-state index in [4.69, 9.17) is 9.47 Å². The molecule has 0 radical (unpaired) electrons. The van der Waals surface area contributed by atoms with Crippen LogP contribution < -0.4 is 10.6 Å². The van der Waals surface area contributed by atoms with E-state index in [1.165, 1.54) is 5.56 Å². The summed E-state index contributed by atoms with van der Waals surface area (Å²) in [7, 11) is 1.79. The van der Waals surface area contributed by atoms with E-state index in [1.807, 2.05) is 18.2 Å². The molecule has 2 rings (SSSR count). The molecule has 0 unspecified atom stereocenters. The highest BCUT2D eigenvalue weighted by molar-refractivity contribution is 14.0. The van der Waals surface area contributed by atoms with Gasteiger partial charge in [0.15, 0.2) is 5.96 Å². The Morgan fingerprint density at radius 1 is 1.19 bits per heavy atom. The van der Waals surface area contributed by atoms with Gasteiger partial charge in [-0.2, -0.15) is 0 Å². The maximum absolute atomic E-state index is 5.69. The van der Waals surface area contributed by atoms with Crippen molar-refractivity contribution in [2.45, 2.75) is 26.0 Å². The van der Waals surface area contributed by atoms with E-state index in [-0.39, 0.29) is 29.5 Å². The number of benzene rings is 1. The van der Waals surface area contributed by atoms with Crippen LogP contribution in [0.2, 0.25) is 0 Å². The van der Waals surface area contributed by atoms with Crippen LogP contribution in [0.3, 0.4) is 0 Å². The Balaban J connectivity index is 0.00000338. The summed E-state index contributed by atoms with van der Waals surface area (Å²) in [6, 6.07) is 10.2. The smallest absolute Gasteiger partial charge is 0.191 e. The number of halogens is 1. The van der Waals surface area contributed by atoms with Crippen molar-refractivity contribution in [3.05, 3.63) is 35.9 Å². The average Bonchev–Trinajstić information content (AvgIpc) is 2.65. The molecule has 0 saturated carbocycles. The minimum Gasteiger partial charge on any atom is -0.379 e. The number of ether oxygens (including phenoxy) is 2. The van der Waals surface area contributed by atoms with Gasteiger partial charge in [-0.1, -0.05) is 30.3 Å². The van der Waals surface area contributed by atoms with Crippen molar-refractivity contribution in [1.82, 2.24) is 15.5 Å². The fourth-order valence-electron chi connectivity index (χ4n) is 2.81. The third kappa shape index (κ3) is 8.20. The fourth-order valence-corrected chi connectivity index (χ4v) is 2.81. The first kappa shape index (κ1) is 23.1. The fraction of sp³-hybridized carbons (Fsp3) is 0.632. The SMILES string of the molecule is CN=C(NCCOCc1ccccc1)NCC(C)(C)N1CCOCC1.I. The molecular formula is C19H33IN4O2. The number of morpholine rings is 1. The van der Waals surface area contributed by atoms with Crippen molar-refractivity contribution in [1.29, 1.82) is 0 Å². The van der Waals surface area contributed by atoms with Gasteiger partial charge in [0, 0.05) is 38.8 Å². The maximum atomic E-state index is 5.69. The summed E-state index contributed by atoms with van der Waals surface area (Å²) in [4.78, 5) is 6.75. The molecule has 0 amide bonds. The molecule has 1 aliphatic heterocycles. The molecule has 1 aromatic rings. The first-order chi connectivity index (χ1) is 12.1. The van der Waals surface area contributed by atoms with E-state index in [0.717, 1.165) is 45.4 Å². The van der Waals surface area contributed by atoms with Crippen LogP contribution in [-0.4, -0.2) is 69.4 Å². The lowest BCUT2D eigenvalue weighted by Gasteiger charge is -2.41. The first-order valence-electron chi connectivity index (χ1n) is 9.01. The largest absolute Gasteiger partial charge is 0.379 e. The highest BCUT2D eigenvalue weighted by atomic mass is 127. The van der Waals surface area contributed by atoms with Crippen LogP contribution in [-0.2, 0) is 16.1 Å². The minimum absolute atomic E-state index is 0. The molecule has 148 valence electrons. The van der Waals surface area contributed by atoms with Gasteiger partial charge in [-0.15, -0.1) is 24.0 Å². The normalized spacial score (nSPS) is 16.0. The Bertz CT molecular complexity index is 520. The monoisotopic (exact) mass is 476 g/mol. The summed E-state index contributed by atoms with van der Waals surface area (Å²) in [6.07, 6.45) is 0. The van der Waals surface area contributed by atoms with Gasteiger partial charge in [0.05, 0.1) is 26.4 Å². The summed E-state index contributed by atoms with van der Waals surface area (Å²) in [6.45, 7) is 10.9. The number of guanidine groups is 1. The van der Waals surface area contributed by atoms with Gasteiger partial charge in [-0.05, 0) is 19.4 Å². The lowest BCUT2D eigenvalue weighted by molar-refractivity contribution is -0.00834. The molecular weight excluding hydrogens is 443 g/mol. The van der Waals surface area contributed by atoms with E-state index in [2.05, 4.69) is 46.5 Å². The lowest BCUT2D eigenvalue weighted by Crippen LogP contribution is -2.56. The van der Waals surface area contributed by atoms with E-state index in [1.54, 1.807) is 7.05 Å². The number of nitrogens with one attached hydrogen (secondary N) is 2. The zero-order valence-corrected chi connectivity index (χ0v) is 18.5. The summed E-state index contributed by atoms with van der Waals surface area (Å²) >= 11 is 0. The Morgan fingerprint density at radius 2 is 1.88 bits per heavy atom. The van der Waals surface area contributed by atoms with Crippen LogP contribution in [0.4, 0.5) is 0 Å². The van der Waals surface area contributed by atoms with Crippen molar-refractivity contribution in [3.8, 4) is 0 Å². The molecule has 2 N–H and O–H groups in total. The van der Waals surface area contributed by atoms with Gasteiger partial charge < -0.3 is 20.1 Å². The van der Waals surface area contributed by atoms with E-state index >= 15 is 0 Å². The standard InChI is InChI=1S/C19H32N4O2.HI/c1-19(2,23-10-13-24-14-11-23)16-22-18(20-3)21-9-12-25-15-17-7-5-4-6-8-17;/h4-8H,9-16H2,1-3H3,(H2,20,21,22);1H. The quantitative estimate of drug-likeness (QED) is 0.261. The van der Waals surface area contributed by atoms with Crippen LogP contribution in [0.25, 0.3) is 0 Å². The summed E-state index contributed by atoms with van der Waals surface area (Å²) < 4.78 is 11.1. The minimum atomic E-state index is 0. The molecule has 6 nitrogen and oxygen atoms in total. The third-order valence-corrected chi connectivity index (χ3v) is 4.43. The molecule has 1 heterocycles. The predicted octanol–water partition coefficient (Wildman–Crippen LogP) is 2.10. The Morgan fingerprint density at radius 3 is 2.54 bits per heavy atom. The second kappa shape index (κ2) is 12.5. The van der Waals surface area contributed by atoms with Gasteiger partial charge in [0.1, 0.15) is 0 Å². The van der Waals surface area contributed by atoms with E-state index in [0.29, 0.717) is 13.2 Å². The summed E-state index contributed by atoms with van der Waals surface area (Å²) in [5.74, 6) is 0.810. The molecule has 7 heteroatoms. The van der Waals surface area contributed by atoms with Gasteiger partial charge >= 0.3 is 0 Å². The number of aliphatic imine (C=N–C) groups is 1. The molecule has 0 spiro atoms. The van der Waals surface area contributed by atoms with E-state index in [9.17, 15) is 0 Å². The van der Waals surface area contributed by atoms with Crippen LogP contribution in [0.5, 0.6) is 0 Å². The highest BCUT2D eigenvalue weighted by Crippen LogP contribution is 2.14. The van der Waals surface area contributed by atoms with Gasteiger partial charge in [0.2, 0.25) is 0 Å². The molecule has 1 saturated heterocycles. The summed E-state index contributed by atoms with van der Waals surface area (Å²) in [5.41, 5.74) is 1.25. The zero-order valence-electron chi connectivity index (χ0n) is 16.2. The van der Waals surface area contributed by atoms with Gasteiger partial charge in [0.25, 0.3) is 0 Å². The van der Waals surface area contributed by atoms with E-state index < -0.39 is 0 Å². The lowest BCUT2D eigenvalue weighted by atomic mass is 10.0. The molecule has 0 bridgehead atoms. The van der Waals surface area contributed by atoms with Crippen molar-refractivity contribution in [3.63, 3.8) is 0 Å². The third-order valence-electron chi connectivity index (χ3n) is 4.43. The molecule has 0 aliphatic carbocycles. The molecule has 1 fully saturated rings. The molecule has 26 heavy (non-hydrogen) atoms. The van der Waals surface area contributed by atoms with Crippen molar-refractivity contribution < 1.29 is 9.47 Å². The second-order valence-electron chi connectivity index (χ2n) is 6.80. The van der Waals surface area contributed by atoms with Crippen LogP contribution in [0.15, 0.2) is 35.3 Å². The topological polar surface area (TPSA) is 58.1 Å². The van der Waals surface area contributed by atoms with Gasteiger partial charge in [-0.3, -0.25) is 9.89 Å².